The minimum Gasteiger partial charge on any atom is -0.497 e. The molecule has 0 bridgehead atoms. The third-order valence-corrected chi connectivity index (χ3v) is 7.05. The Bertz CT molecular complexity index is 1680. The van der Waals surface area contributed by atoms with Crippen LogP contribution >= 0.6 is 0 Å². The van der Waals surface area contributed by atoms with Crippen molar-refractivity contribution >= 4 is 33.6 Å². The van der Waals surface area contributed by atoms with Crippen molar-refractivity contribution in [3.63, 3.8) is 0 Å². The fourth-order valence-corrected chi connectivity index (χ4v) is 4.70. The molecule has 0 fully saturated rings. The first kappa shape index (κ1) is 30.5. The number of rotatable bonds is 13. The van der Waals surface area contributed by atoms with Crippen molar-refractivity contribution < 1.29 is 46.8 Å². The predicted molar refractivity (Wildman–Crippen MR) is 155 cm³/mol. The topological polar surface area (TPSA) is 172 Å². The van der Waals surface area contributed by atoms with E-state index in [2.05, 4.69) is 15.0 Å². The SMILES string of the molecule is COc1ccc(S(=O)(=O)Nc2cc(C(=O)O)cc(OCCOC(=O)Nc3ccccn3)c2Oc2ccccc2OC)cc1. The van der Waals surface area contributed by atoms with E-state index in [0.717, 1.165) is 12.1 Å². The zero-order chi connectivity index (χ0) is 30.8. The van der Waals surface area contributed by atoms with Gasteiger partial charge in [0.2, 0.25) is 0 Å². The van der Waals surface area contributed by atoms with E-state index in [4.69, 9.17) is 23.7 Å². The molecule has 224 valence electrons. The summed E-state index contributed by atoms with van der Waals surface area (Å²) >= 11 is 0. The Labute approximate surface area is 247 Å². The van der Waals surface area contributed by atoms with Crippen molar-refractivity contribution in [3.05, 3.63) is 90.6 Å². The standard InChI is InChI=1S/C29H27N3O10S/c1-38-20-10-12-21(13-11-20)43(36,37)32-22-17-19(28(33)34)18-25(27(22)42-24-8-4-3-7-23(24)39-2)40-15-16-41-29(35)31-26-9-5-6-14-30-26/h3-14,17-18,32H,15-16H2,1-2H3,(H,33,34)(H,30,31,35). The van der Waals surface area contributed by atoms with Crippen molar-refractivity contribution in [2.75, 3.05) is 37.5 Å². The summed E-state index contributed by atoms with van der Waals surface area (Å²) in [5, 5.41) is 12.2. The Hall–Kier alpha value is -5.50. The summed E-state index contributed by atoms with van der Waals surface area (Å²) in [5.74, 6) is -0.438. The molecule has 0 atom stereocenters. The summed E-state index contributed by atoms with van der Waals surface area (Å²) in [7, 11) is -1.37. The quantitative estimate of drug-likeness (QED) is 0.174. The molecule has 3 N–H and O–H groups in total. The van der Waals surface area contributed by atoms with Crippen molar-refractivity contribution in [3.8, 4) is 28.7 Å². The number of sulfonamides is 1. The van der Waals surface area contributed by atoms with Gasteiger partial charge in [-0.3, -0.25) is 10.0 Å². The molecule has 0 aliphatic heterocycles. The summed E-state index contributed by atoms with van der Waals surface area (Å²) in [5.41, 5.74) is -0.533. The van der Waals surface area contributed by atoms with Gasteiger partial charge in [-0.2, -0.15) is 0 Å². The second kappa shape index (κ2) is 13.9. The van der Waals surface area contributed by atoms with Crippen molar-refractivity contribution in [2.24, 2.45) is 0 Å². The summed E-state index contributed by atoms with van der Waals surface area (Å²) in [4.78, 5) is 27.9. The molecule has 0 saturated carbocycles. The maximum Gasteiger partial charge on any atom is 0.412 e. The molecule has 1 aromatic heterocycles. The molecule has 0 saturated heterocycles. The van der Waals surface area contributed by atoms with Crippen molar-refractivity contribution in [1.82, 2.24) is 4.98 Å². The molecule has 0 spiro atoms. The molecule has 13 nitrogen and oxygen atoms in total. The minimum absolute atomic E-state index is 0.118. The number of amides is 1. The lowest BCUT2D eigenvalue weighted by Gasteiger charge is -2.19. The number of nitrogens with zero attached hydrogens (tertiary/aromatic N) is 1. The van der Waals surface area contributed by atoms with Gasteiger partial charge in [0.15, 0.2) is 23.0 Å². The zero-order valence-electron chi connectivity index (χ0n) is 23.0. The van der Waals surface area contributed by atoms with E-state index in [0.29, 0.717) is 11.5 Å². The van der Waals surface area contributed by atoms with Gasteiger partial charge in [0.05, 0.1) is 30.4 Å². The second-order valence-corrected chi connectivity index (χ2v) is 10.2. The number of benzene rings is 3. The van der Waals surface area contributed by atoms with Gasteiger partial charge < -0.3 is 28.8 Å². The maximum atomic E-state index is 13.3. The summed E-state index contributed by atoms with van der Waals surface area (Å²) < 4.78 is 56.4. The number of ether oxygens (including phenoxy) is 5. The Morgan fingerprint density at radius 3 is 2.23 bits per heavy atom. The normalized spacial score (nSPS) is 10.7. The molecule has 0 unspecified atom stereocenters. The van der Waals surface area contributed by atoms with Crippen LogP contribution in [-0.4, -0.2) is 58.0 Å². The average Bonchev–Trinajstić information content (AvgIpc) is 3.01. The highest BCUT2D eigenvalue weighted by molar-refractivity contribution is 7.92. The van der Waals surface area contributed by atoms with Gasteiger partial charge in [-0.1, -0.05) is 18.2 Å². The van der Waals surface area contributed by atoms with Gasteiger partial charge >= 0.3 is 12.1 Å². The van der Waals surface area contributed by atoms with Gasteiger partial charge in [-0.15, -0.1) is 0 Å². The van der Waals surface area contributed by atoms with Crippen LogP contribution in [-0.2, 0) is 14.8 Å². The molecule has 43 heavy (non-hydrogen) atoms. The number of carboxylic acid groups (broad SMARTS) is 1. The average molecular weight is 610 g/mol. The predicted octanol–water partition coefficient (Wildman–Crippen LogP) is 5.02. The highest BCUT2D eigenvalue weighted by Crippen LogP contribution is 2.43. The largest absolute Gasteiger partial charge is 0.497 e. The van der Waals surface area contributed by atoms with E-state index < -0.39 is 22.1 Å². The molecule has 0 aliphatic rings. The van der Waals surface area contributed by atoms with Crippen LogP contribution in [0.4, 0.5) is 16.3 Å². The number of para-hydroxylation sites is 2. The minimum atomic E-state index is -4.24. The van der Waals surface area contributed by atoms with Gasteiger partial charge in [0.25, 0.3) is 10.0 Å². The fourth-order valence-electron chi connectivity index (χ4n) is 3.65. The number of carboxylic acids is 1. The van der Waals surface area contributed by atoms with Gasteiger partial charge in [0, 0.05) is 6.20 Å². The molecule has 4 aromatic rings. The molecule has 4 rings (SSSR count). The number of anilines is 2. The second-order valence-electron chi connectivity index (χ2n) is 8.51. The van der Waals surface area contributed by atoms with E-state index >= 15 is 0 Å². The third kappa shape index (κ3) is 8.04. The van der Waals surface area contributed by atoms with Gasteiger partial charge in [-0.25, -0.2) is 23.0 Å². The van der Waals surface area contributed by atoms with Crippen LogP contribution in [0.5, 0.6) is 28.7 Å². The van der Waals surface area contributed by atoms with Crippen LogP contribution in [0.15, 0.2) is 90.0 Å². The van der Waals surface area contributed by atoms with Crippen LogP contribution in [0.25, 0.3) is 0 Å². The number of aromatic nitrogens is 1. The van der Waals surface area contributed by atoms with E-state index in [9.17, 15) is 23.1 Å². The first-order valence-corrected chi connectivity index (χ1v) is 14.0. The first-order valence-electron chi connectivity index (χ1n) is 12.6. The summed E-state index contributed by atoms with van der Waals surface area (Å²) in [6, 6.07) is 19.3. The number of aromatic carboxylic acids is 1. The maximum absolute atomic E-state index is 13.3. The molecule has 1 heterocycles. The number of pyridine rings is 1. The number of hydrogen-bond donors (Lipinski definition) is 3. The third-order valence-electron chi connectivity index (χ3n) is 5.67. The van der Waals surface area contributed by atoms with Crippen LogP contribution in [0.1, 0.15) is 10.4 Å². The molecular weight excluding hydrogens is 582 g/mol. The van der Waals surface area contributed by atoms with Crippen LogP contribution < -0.4 is 29.0 Å². The Morgan fingerprint density at radius 1 is 0.860 bits per heavy atom. The van der Waals surface area contributed by atoms with E-state index in [1.54, 1.807) is 42.5 Å². The Kier molecular flexibility index (Phi) is 9.85. The molecule has 1 amide bonds. The van der Waals surface area contributed by atoms with Crippen molar-refractivity contribution in [2.45, 2.75) is 4.90 Å². The number of carbonyl (C=O) groups excluding carboxylic acids is 1. The summed E-state index contributed by atoms with van der Waals surface area (Å²) in [6.07, 6.45) is 0.706. The smallest absolute Gasteiger partial charge is 0.412 e. The van der Waals surface area contributed by atoms with Crippen LogP contribution in [0.3, 0.4) is 0 Å². The number of hydrogen-bond acceptors (Lipinski definition) is 10. The zero-order valence-corrected chi connectivity index (χ0v) is 23.8. The Morgan fingerprint density at radius 2 is 1.58 bits per heavy atom. The Balaban J connectivity index is 1.65. The molecule has 14 heteroatoms. The van der Waals surface area contributed by atoms with E-state index in [1.807, 2.05) is 0 Å². The molecule has 0 radical (unpaired) electrons. The lowest BCUT2D eigenvalue weighted by Crippen LogP contribution is -2.18. The first-order chi connectivity index (χ1) is 20.7. The molecule has 3 aromatic carbocycles. The van der Waals surface area contributed by atoms with Crippen molar-refractivity contribution in [1.29, 1.82) is 0 Å². The van der Waals surface area contributed by atoms with Crippen LogP contribution in [0.2, 0.25) is 0 Å². The number of methoxy groups -OCH3 is 2. The number of nitrogens with one attached hydrogen (secondary N) is 2. The highest BCUT2D eigenvalue weighted by Gasteiger charge is 2.24. The van der Waals surface area contributed by atoms with Gasteiger partial charge in [0.1, 0.15) is 24.8 Å². The lowest BCUT2D eigenvalue weighted by molar-refractivity contribution is 0.0696. The number of carbonyl (C=O) groups is 2. The molecular formula is C29H27N3O10S. The lowest BCUT2D eigenvalue weighted by atomic mass is 10.1. The van der Waals surface area contributed by atoms with Gasteiger partial charge in [-0.05, 0) is 60.7 Å². The van der Waals surface area contributed by atoms with E-state index in [1.165, 1.54) is 44.7 Å². The summed E-state index contributed by atoms with van der Waals surface area (Å²) in [6.45, 7) is -0.497. The van der Waals surface area contributed by atoms with Crippen LogP contribution in [0, 0.1) is 0 Å². The molecule has 0 aliphatic carbocycles. The highest BCUT2D eigenvalue weighted by atomic mass is 32.2. The fraction of sp³-hybridized carbons (Fsp3) is 0.138. The monoisotopic (exact) mass is 609 g/mol. The van der Waals surface area contributed by atoms with E-state index in [-0.39, 0.29) is 52.4 Å².